The Morgan fingerprint density at radius 1 is 1.20 bits per heavy atom. The summed E-state index contributed by atoms with van der Waals surface area (Å²) in [5, 5.41) is 3.50. The summed E-state index contributed by atoms with van der Waals surface area (Å²) in [6.07, 6.45) is 4.19. The first-order valence-corrected chi connectivity index (χ1v) is 7.77. The smallest absolute Gasteiger partial charge is 0.0543 e. The number of aromatic nitrogens is 1. The Bertz CT molecular complexity index is 319. The van der Waals surface area contributed by atoms with E-state index in [-0.39, 0.29) is 0 Å². The SMILES string of the molecule is CCOCCCCNCCN(CC)Cc1ccccn1. The maximum Gasteiger partial charge on any atom is 0.0543 e. The average Bonchev–Trinajstić information content (AvgIpc) is 2.49. The lowest BCUT2D eigenvalue weighted by Gasteiger charge is -2.20. The molecule has 4 heteroatoms. The van der Waals surface area contributed by atoms with Gasteiger partial charge in [-0.3, -0.25) is 9.88 Å². The van der Waals surface area contributed by atoms with Crippen LogP contribution in [0.25, 0.3) is 0 Å². The van der Waals surface area contributed by atoms with E-state index in [9.17, 15) is 0 Å². The largest absolute Gasteiger partial charge is 0.382 e. The molecule has 0 aliphatic carbocycles. The second kappa shape index (κ2) is 11.8. The van der Waals surface area contributed by atoms with Crippen LogP contribution in [0.15, 0.2) is 24.4 Å². The third-order valence-corrected chi connectivity index (χ3v) is 3.26. The molecule has 0 saturated heterocycles. The zero-order valence-corrected chi connectivity index (χ0v) is 13.0. The number of pyridine rings is 1. The lowest BCUT2D eigenvalue weighted by molar-refractivity contribution is 0.143. The molecule has 1 aromatic heterocycles. The molecular formula is C16H29N3O. The van der Waals surface area contributed by atoms with E-state index in [1.807, 2.05) is 25.3 Å². The Balaban J connectivity index is 2.04. The van der Waals surface area contributed by atoms with Gasteiger partial charge in [-0.2, -0.15) is 0 Å². The highest BCUT2D eigenvalue weighted by Gasteiger charge is 2.03. The third-order valence-electron chi connectivity index (χ3n) is 3.26. The van der Waals surface area contributed by atoms with Crippen LogP contribution in [0.2, 0.25) is 0 Å². The van der Waals surface area contributed by atoms with Crippen molar-refractivity contribution in [1.82, 2.24) is 15.2 Å². The van der Waals surface area contributed by atoms with Crippen molar-refractivity contribution in [1.29, 1.82) is 0 Å². The van der Waals surface area contributed by atoms with Gasteiger partial charge in [-0.1, -0.05) is 13.0 Å². The van der Waals surface area contributed by atoms with Crippen LogP contribution in [0.4, 0.5) is 0 Å². The van der Waals surface area contributed by atoms with E-state index in [0.717, 1.165) is 58.1 Å². The Labute approximate surface area is 123 Å². The second-order valence-corrected chi connectivity index (χ2v) is 4.84. The molecule has 0 saturated carbocycles. The van der Waals surface area contributed by atoms with Crippen molar-refractivity contribution in [3.63, 3.8) is 0 Å². The van der Waals surface area contributed by atoms with E-state index in [1.165, 1.54) is 6.42 Å². The van der Waals surface area contributed by atoms with Crippen molar-refractivity contribution in [3.05, 3.63) is 30.1 Å². The van der Waals surface area contributed by atoms with Crippen molar-refractivity contribution in [2.75, 3.05) is 39.4 Å². The van der Waals surface area contributed by atoms with Gasteiger partial charge in [-0.25, -0.2) is 0 Å². The summed E-state index contributed by atoms with van der Waals surface area (Å²) >= 11 is 0. The Morgan fingerprint density at radius 3 is 2.80 bits per heavy atom. The molecule has 1 N–H and O–H groups in total. The molecule has 1 rings (SSSR count). The fourth-order valence-electron chi connectivity index (χ4n) is 2.03. The molecule has 1 aromatic rings. The second-order valence-electron chi connectivity index (χ2n) is 4.84. The van der Waals surface area contributed by atoms with E-state index in [0.29, 0.717) is 0 Å². The van der Waals surface area contributed by atoms with Crippen LogP contribution < -0.4 is 5.32 Å². The third kappa shape index (κ3) is 8.25. The van der Waals surface area contributed by atoms with Gasteiger partial charge >= 0.3 is 0 Å². The first kappa shape index (κ1) is 17.1. The number of nitrogens with zero attached hydrogens (tertiary/aromatic N) is 2. The molecule has 0 amide bonds. The van der Waals surface area contributed by atoms with Crippen molar-refractivity contribution in [2.45, 2.75) is 33.2 Å². The lowest BCUT2D eigenvalue weighted by Crippen LogP contribution is -2.32. The topological polar surface area (TPSA) is 37.4 Å². The summed E-state index contributed by atoms with van der Waals surface area (Å²) < 4.78 is 5.32. The predicted octanol–water partition coefficient (Wildman–Crippen LogP) is 2.31. The summed E-state index contributed by atoms with van der Waals surface area (Å²) in [7, 11) is 0. The monoisotopic (exact) mass is 279 g/mol. The van der Waals surface area contributed by atoms with Gasteiger partial charge < -0.3 is 10.1 Å². The molecule has 20 heavy (non-hydrogen) atoms. The number of likely N-dealkylation sites (N-methyl/N-ethyl adjacent to an activating group) is 1. The molecule has 0 fully saturated rings. The van der Waals surface area contributed by atoms with Gasteiger partial charge in [0, 0.05) is 39.0 Å². The average molecular weight is 279 g/mol. The predicted molar refractivity (Wildman–Crippen MR) is 83.8 cm³/mol. The van der Waals surface area contributed by atoms with Crippen LogP contribution in [0.5, 0.6) is 0 Å². The molecule has 0 atom stereocenters. The molecule has 114 valence electrons. The van der Waals surface area contributed by atoms with Crippen LogP contribution >= 0.6 is 0 Å². The first-order chi connectivity index (χ1) is 9.86. The molecular weight excluding hydrogens is 250 g/mol. The van der Waals surface area contributed by atoms with E-state index < -0.39 is 0 Å². The van der Waals surface area contributed by atoms with Crippen LogP contribution in [0.1, 0.15) is 32.4 Å². The Kier molecular flexibility index (Phi) is 10.1. The van der Waals surface area contributed by atoms with Gasteiger partial charge in [0.1, 0.15) is 0 Å². The fraction of sp³-hybridized carbons (Fsp3) is 0.688. The van der Waals surface area contributed by atoms with Gasteiger partial charge in [-0.05, 0) is 45.0 Å². The van der Waals surface area contributed by atoms with Crippen LogP contribution in [0.3, 0.4) is 0 Å². The molecule has 4 nitrogen and oxygen atoms in total. The van der Waals surface area contributed by atoms with E-state index in [4.69, 9.17) is 4.74 Å². The van der Waals surface area contributed by atoms with Gasteiger partial charge in [0.15, 0.2) is 0 Å². The molecule has 0 spiro atoms. The van der Waals surface area contributed by atoms with Gasteiger partial charge in [0.25, 0.3) is 0 Å². The molecule has 0 radical (unpaired) electrons. The van der Waals surface area contributed by atoms with E-state index >= 15 is 0 Å². The molecule has 0 unspecified atom stereocenters. The van der Waals surface area contributed by atoms with Crippen molar-refractivity contribution in [3.8, 4) is 0 Å². The highest BCUT2D eigenvalue weighted by atomic mass is 16.5. The summed E-state index contributed by atoms with van der Waals surface area (Å²) in [6, 6.07) is 6.10. The van der Waals surface area contributed by atoms with Gasteiger partial charge in [0.05, 0.1) is 5.69 Å². The molecule has 0 aromatic carbocycles. The van der Waals surface area contributed by atoms with E-state index in [2.05, 4.69) is 28.2 Å². The minimum atomic E-state index is 0.826. The zero-order chi connectivity index (χ0) is 14.5. The molecule has 0 bridgehead atoms. The number of ether oxygens (including phenoxy) is 1. The molecule has 0 aliphatic heterocycles. The first-order valence-electron chi connectivity index (χ1n) is 7.77. The summed E-state index contributed by atoms with van der Waals surface area (Å²) in [5.41, 5.74) is 1.14. The standard InChI is InChI=1S/C16H29N3O/c1-3-19(15-16-9-5-6-11-18-16)13-12-17-10-7-8-14-20-4-2/h5-6,9,11,17H,3-4,7-8,10,12-15H2,1-2H3. The normalized spacial score (nSPS) is 11.2. The fourth-order valence-corrected chi connectivity index (χ4v) is 2.03. The minimum Gasteiger partial charge on any atom is -0.382 e. The van der Waals surface area contributed by atoms with Crippen LogP contribution in [-0.2, 0) is 11.3 Å². The maximum atomic E-state index is 5.32. The van der Waals surface area contributed by atoms with Crippen LogP contribution in [-0.4, -0.2) is 49.3 Å². The van der Waals surface area contributed by atoms with E-state index in [1.54, 1.807) is 0 Å². The van der Waals surface area contributed by atoms with Gasteiger partial charge in [0.2, 0.25) is 0 Å². The van der Waals surface area contributed by atoms with Gasteiger partial charge in [-0.15, -0.1) is 0 Å². The Morgan fingerprint density at radius 2 is 2.10 bits per heavy atom. The number of hydrogen-bond acceptors (Lipinski definition) is 4. The van der Waals surface area contributed by atoms with Crippen molar-refractivity contribution in [2.24, 2.45) is 0 Å². The summed E-state index contributed by atoms with van der Waals surface area (Å²) in [4.78, 5) is 6.79. The van der Waals surface area contributed by atoms with Crippen LogP contribution in [0, 0.1) is 0 Å². The molecule has 1 heterocycles. The molecule has 0 aliphatic rings. The minimum absolute atomic E-state index is 0.826. The highest BCUT2D eigenvalue weighted by Crippen LogP contribution is 1.99. The van der Waals surface area contributed by atoms with Crippen molar-refractivity contribution < 1.29 is 4.74 Å². The number of unbranched alkanes of at least 4 members (excludes halogenated alkanes) is 1. The number of nitrogens with one attached hydrogen (secondary N) is 1. The number of hydrogen-bond donors (Lipinski definition) is 1. The zero-order valence-electron chi connectivity index (χ0n) is 13.0. The van der Waals surface area contributed by atoms with Crippen molar-refractivity contribution >= 4 is 0 Å². The summed E-state index contributed by atoms with van der Waals surface area (Å²) in [6.45, 7) is 11.1. The lowest BCUT2D eigenvalue weighted by atomic mass is 10.3. The Hall–Kier alpha value is -0.970. The maximum absolute atomic E-state index is 5.32. The quantitative estimate of drug-likeness (QED) is 0.596. The highest BCUT2D eigenvalue weighted by molar-refractivity contribution is 5.03. The number of rotatable bonds is 12. The summed E-state index contributed by atoms with van der Waals surface area (Å²) in [5.74, 6) is 0.